The Hall–Kier alpha value is -0.900. The fourth-order valence-electron chi connectivity index (χ4n) is 3.54. The number of ether oxygens (including phenoxy) is 1. The minimum absolute atomic E-state index is 0. The molecule has 7 heteroatoms. The summed E-state index contributed by atoms with van der Waals surface area (Å²) in [7, 11) is 0. The number of halogens is 1. The van der Waals surface area contributed by atoms with Gasteiger partial charge >= 0.3 is 0 Å². The van der Waals surface area contributed by atoms with Crippen molar-refractivity contribution in [3.05, 3.63) is 35.9 Å². The molecule has 178 valence electrons. The maximum Gasteiger partial charge on any atom is 0.191 e. The van der Waals surface area contributed by atoms with Gasteiger partial charge in [-0.3, -0.25) is 9.89 Å². The SMILES string of the molecule is CCNC(=NCCCOC1CCN(Cc2ccccc2)CC1)NCCNC(C)(C)C.I. The Labute approximate surface area is 207 Å². The molecular weight excluding hydrogens is 501 g/mol. The number of nitrogens with zero attached hydrogens (tertiary/aromatic N) is 2. The van der Waals surface area contributed by atoms with E-state index in [1.54, 1.807) is 0 Å². The van der Waals surface area contributed by atoms with Crippen LogP contribution in [0.4, 0.5) is 0 Å². The molecule has 0 radical (unpaired) electrons. The molecule has 1 heterocycles. The van der Waals surface area contributed by atoms with Crippen molar-refractivity contribution in [2.45, 2.75) is 65.1 Å². The summed E-state index contributed by atoms with van der Waals surface area (Å²) in [6, 6.07) is 10.7. The van der Waals surface area contributed by atoms with Crippen molar-refractivity contribution in [1.82, 2.24) is 20.9 Å². The molecule has 1 saturated heterocycles. The quantitative estimate of drug-likeness (QED) is 0.172. The van der Waals surface area contributed by atoms with Crippen LogP contribution in [0.15, 0.2) is 35.3 Å². The third-order valence-electron chi connectivity index (χ3n) is 5.13. The average Bonchev–Trinajstić information content (AvgIpc) is 2.72. The summed E-state index contributed by atoms with van der Waals surface area (Å²) in [6.07, 6.45) is 3.61. The summed E-state index contributed by atoms with van der Waals surface area (Å²) >= 11 is 0. The van der Waals surface area contributed by atoms with Crippen LogP contribution in [0.5, 0.6) is 0 Å². The molecule has 0 aliphatic carbocycles. The number of hydrogen-bond donors (Lipinski definition) is 3. The van der Waals surface area contributed by atoms with Gasteiger partial charge in [-0.25, -0.2) is 0 Å². The molecule has 0 amide bonds. The number of nitrogens with one attached hydrogen (secondary N) is 3. The van der Waals surface area contributed by atoms with Crippen LogP contribution >= 0.6 is 24.0 Å². The van der Waals surface area contributed by atoms with E-state index < -0.39 is 0 Å². The van der Waals surface area contributed by atoms with E-state index in [0.717, 1.165) is 77.6 Å². The van der Waals surface area contributed by atoms with Crippen LogP contribution in [-0.4, -0.2) is 68.4 Å². The number of piperidine rings is 1. The summed E-state index contributed by atoms with van der Waals surface area (Å²) in [5.41, 5.74) is 1.54. The van der Waals surface area contributed by atoms with Gasteiger partial charge in [0, 0.05) is 58.0 Å². The van der Waals surface area contributed by atoms with Crippen LogP contribution in [0.3, 0.4) is 0 Å². The second-order valence-electron chi connectivity index (χ2n) is 9.05. The summed E-state index contributed by atoms with van der Waals surface area (Å²) in [4.78, 5) is 7.20. The van der Waals surface area contributed by atoms with E-state index in [1.807, 2.05) is 0 Å². The van der Waals surface area contributed by atoms with E-state index in [1.165, 1.54) is 5.56 Å². The second-order valence-corrected chi connectivity index (χ2v) is 9.05. The molecule has 0 saturated carbocycles. The Kier molecular flexibility index (Phi) is 14.4. The Balaban J connectivity index is 0.00000480. The molecule has 3 N–H and O–H groups in total. The fraction of sp³-hybridized carbons (Fsp3) is 0.708. The van der Waals surface area contributed by atoms with Gasteiger partial charge in [-0.15, -0.1) is 24.0 Å². The highest BCUT2D eigenvalue weighted by Gasteiger charge is 2.19. The number of hydrogen-bond acceptors (Lipinski definition) is 4. The highest BCUT2D eigenvalue weighted by atomic mass is 127. The molecule has 0 spiro atoms. The molecule has 31 heavy (non-hydrogen) atoms. The van der Waals surface area contributed by atoms with Crippen LogP contribution < -0.4 is 16.0 Å². The molecule has 1 aliphatic heterocycles. The first-order valence-corrected chi connectivity index (χ1v) is 11.6. The average molecular weight is 546 g/mol. The van der Waals surface area contributed by atoms with E-state index in [0.29, 0.717) is 6.10 Å². The number of likely N-dealkylation sites (tertiary alicyclic amines) is 1. The van der Waals surface area contributed by atoms with Crippen LogP contribution in [-0.2, 0) is 11.3 Å². The summed E-state index contributed by atoms with van der Waals surface area (Å²) < 4.78 is 6.11. The van der Waals surface area contributed by atoms with Crippen LogP contribution in [0.25, 0.3) is 0 Å². The van der Waals surface area contributed by atoms with Gasteiger partial charge in [-0.1, -0.05) is 30.3 Å². The van der Waals surface area contributed by atoms with Crippen LogP contribution in [0.2, 0.25) is 0 Å². The molecule has 6 nitrogen and oxygen atoms in total. The predicted octanol–water partition coefficient (Wildman–Crippen LogP) is 3.62. The topological polar surface area (TPSA) is 60.9 Å². The van der Waals surface area contributed by atoms with Crippen molar-refractivity contribution in [2.75, 3.05) is 45.9 Å². The fourth-order valence-corrected chi connectivity index (χ4v) is 3.54. The van der Waals surface area contributed by atoms with Gasteiger partial charge in [0.25, 0.3) is 0 Å². The zero-order valence-electron chi connectivity index (χ0n) is 20.0. The zero-order chi connectivity index (χ0) is 21.7. The van der Waals surface area contributed by atoms with Crippen molar-refractivity contribution >= 4 is 29.9 Å². The predicted molar refractivity (Wildman–Crippen MR) is 142 cm³/mol. The zero-order valence-corrected chi connectivity index (χ0v) is 22.3. The van der Waals surface area contributed by atoms with E-state index in [2.05, 4.69) is 83.9 Å². The Morgan fingerprint density at radius 2 is 1.81 bits per heavy atom. The lowest BCUT2D eigenvalue weighted by Crippen LogP contribution is -2.44. The first kappa shape index (κ1) is 28.1. The third kappa shape index (κ3) is 13.3. The molecule has 1 aromatic rings. The van der Waals surface area contributed by atoms with Gasteiger partial charge in [-0.05, 0) is 52.5 Å². The highest BCUT2D eigenvalue weighted by Crippen LogP contribution is 2.16. The number of benzene rings is 1. The first-order chi connectivity index (χ1) is 14.5. The van der Waals surface area contributed by atoms with Gasteiger partial charge in [0.2, 0.25) is 0 Å². The molecule has 0 unspecified atom stereocenters. The van der Waals surface area contributed by atoms with Gasteiger partial charge in [-0.2, -0.15) is 0 Å². The largest absolute Gasteiger partial charge is 0.378 e. The van der Waals surface area contributed by atoms with Crippen molar-refractivity contribution in [3.63, 3.8) is 0 Å². The van der Waals surface area contributed by atoms with Crippen LogP contribution in [0.1, 0.15) is 52.5 Å². The molecule has 0 aromatic heterocycles. The number of rotatable bonds is 11. The lowest BCUT2D eigenvalue weighted by atomic mass is 10.1. The van der Waals surface area contributed by atoms with Gasteiger partial charge in [0.1, 0.15) is 0 Å². The monoisotopic (exact) mass is 545 g/mol. The van der Waals surface area contributed by atoms with E-state index in [9.17, 15) is 0 Å². The molecule has 1 fully saturated rings. The Morgan fingerprint density at radius 3 is 2.45 bits per heavy atom. The smallest absolute Gasteiger partial charge is 0.191 e. The molecule has 0 atom stereocenters. The minimum atomic E-state index is 0. The van der Waals surface area contributed by atoms with Crippen molar-refractivity contribution in [3.8, 4) is 0 Å². The van der Waals surface area contributed by atoms with Crippen LogP contribution in [0, 0.1) is 0 Å². The molecule has 2 rings (SSSR count). The van der Waals surface area contributed by atoms with E-state index >= 15 is 0 Å². The molecule has 0 bridgehead atoms. The minimum Gasteiger partial charge on any atom is -0.378 e. The maximum atomic E-state index is 6.11. The molecular formula is C24H44IN5O. The van der Waals surface area contributed by atoms with E-state index in [-0.39, 0.29) is 29.5 Å². The maximum absolute atomic E-state index is 6.11. The highest BCUT2D eigenvalue weighted by molar-refractivity contribution is 14.0. The first-order valence-electron chi connectivity index (χ1n) is 11.6. The standard InChI is InChI=1S/C24H43N5O.HI/c1-5-25-23(27-15-16-28-24(2,3)4)26-14-9-19-30-22-12-17-29(18-13-22)20-21-10-7-6-8-11-21;/h6-8,10-11,22,28H,5,9,12-20H2,1-4H3,(H2,25,26,27);1H. The van der Waals surface area contributed by atoms with Crippen molar-refractivity contribution < 1.29 is 4.74 Å². The van der Waals surface area contributed by atoms with Crippen molar-refractivity contribution in [1.29, 1.82) is 0 Å². The van der Waals surface area contributed by atoms with Gasteiger partial charge in [0.05, 0.1) is 6.10 Å². The lowest BCUT2D eigenvalue weighted by molar-refractivity contribution is 0.00566. The molecule has 1 aliphatic rings. The second kappa shape index (κ2) is 15.8. The molecule has 1 aromatic carbocycles. The Bertz CT molecular complexity index is 598. The van der Waals surface area contributed by atoms with Gasteiger partial charge in [0.15, 0.2) is 5.96 Å². The normalized spacial score (nSPS) is 16.1. The van der Waals surface area contributed by atoms with Crippen molar-refractivity contribution in [2.24, 2.45) is 4.99 Å². The van der Waals surface area contributed by atoms with Gasteiger partial charge < -0.3 is 20.7 Å². The Morgan fingerprint density at radius 1 is 1.10 bits per heavy atom. The summed E-state index contributed by atoms with van der Waals surface area (Å²) in [6.45, 7) is 16.2. The van der Waals surface area contributed by atoms with E-state index in [4.69, 9.17) is 4.74 Å². The number of guanidine groups is 1. The number of aliphatic imine (C=N–C) groups is 1. The lowest BCUT2D eigenvalue weighted by Gasteiger charge is -2.31. The summed E-state index contributed by atoms with van der Waals surface area (Å²) in [5, 5.41) is 10.2. The third-order valence-corrected chi connectivity index (χ3v) is 5.13. The summed E-state index contributed by atoms with van der Waals surface area (Å²) in [5.74, 6) is 0.891.